The summed E-state index contributed by atoms with van der Waals surface area (Å²) in [5, 5.41) is 4.96. The summed E-state index contributed by atoms with van der Waals surface area (Å²) >= 11 is 0. The predicted molar refractivity (Wildman–Crippen MR) is 129 cm³/mol. The standard InChI is InChI=1S/C30H30O2/c1-29-17-9-10-18(13-17)30(29,2)26-22-14-21(25(26)29)23-24(22)28(32-4)20-12-16-8-6-5-7-15(16)11-19(20)27(23)31-3/h5-12,17-18,21-22,25-26H,13-14H2,1-4H3/t17-,18+,21-,22+,25-,26+,29+,30-. The van der Waals surface area contributed by atoms with Crippen molar-refractivity contribution < 1.29 is 9.47 Å². The molecule has 0 spiro atoms. The highest BCUT2D eigenvalue weighted by Gasteiger charge is 2.81. The van der Waals surface area contributed by atoms with Gasteiger partial charge in [0.2, 0.25) is 0 Å². The second-order valence-corrected chi connectivity index (χ2v) is 11.5. The fraction of sp³-hybridized carbons (Fsp3) is 0.467. The van der Waals surface area contributed by atoms with Gasteiger partial charge in [-0.05, 0) is 82.1 Å². The van der Waals surface area contributed by atoms with Crippen LogP contribution in [0.5, 0.6) is 11.5 Å². The summed E-state index contributed by atoms with van der Waals surface area (Å²) in [5.74, 6) is 6.52. The maximum atomic E-state index is 6.24. The van der Waals surface area contributed by atoms with E-state index in [1.54, 1.807) is 0 Å². The molecule has 0 radical (unpaired) electrons. The molecule has 2 nitrogen and oxygen atoms in total. The topological polar surface area (TPSA) is 18.5 Å². The Kier molecular flexibility index (Phi) is 3.01. The van der Waals surface area contributed by atoms with E-state index < -0.39 is 0 Å². The monoisotopic (exact) mass is 422 g/mol. The smallest absolute Gasteiger partial charge is 0.130 e. The third kappa shape index (κ3) is 1.58. The fourth-order valence-electron chi connectivity index (χ4n) is 10.1. The zero-order chi connectivity index (χ0) is 21.6. The van der Waals surface area contributed by atoms with Gasteiger partial charge in [-0.3, -0.25) is 0 Å². The number of methoxy groups -OCH3 is 2. The Morgan fingerprint density at radius 2 is 1.19 bits per heavy atom. The molecule has 3 aromatic carbocycles. The van der Waals surface area contributed by atoms with E-state index in [1.165, 1.54) is 45.5 Å². The minimum Gasteiger partial charge on any atom is -0.496 e. The highest BCUT2D eigenvalue weighted by atomic mass is 16.5. The van der Waals surface area contributed by atoms with E-state index in [2.05, 4.69) is 62.4 Å². The van der Waals surface area contributed by atoms with Gasteiger partial charge in [-0.1, -0.05) is 50.3 Å². The van der Waals surface area contributed by atoms with Crippen LogP contribution >= 0.6 is 0 Å². The molecule has 32 heavy (non-hydrogen) atoms. The van der Waals surface area contributed by atoms with Crippen molar-refractivity contribution in [3.8, 4) is 11.5 Å². The molecule has 0 aromatic heterocycles. The van der Waals surface area contributed by atoms with Crippen LogP contribution in [0.1, 0.15) is 49.7 Å². The summed E-state index contributed by atoms with van der Waals surface area (Å²) in [6.45, 7) is 5.25. The van der Waals surface area contributed by atoms with Gasteiger partial charge in [0.25, 0.3) is 0 Å². The van der Waals surface area contributed by atoms with Crippen molar-refractivity contribution in [1.29, 1.82) is 0 Å². The van der Waals surface area contributed by atoms with Crippen molar-refractivity contribution in [3.05, 3.63) is 59.7 Å². The van der Waals surface area contributed by atoms with E-state index in [-0.39, 0.29) is 0 Å². The molecule has 3 saturated carbocycles. The molecule has 5 aliphatic rings. The number of ether oxygens (including phenoxy) is 2. The first-order valence-electron chi connectivity index (χ1n) is 12.3. The molecule has 5 aliphatic carbocycles. The van der Waals surface area contributed by atoms with E-state index in [1.807, 2.05) is 14.2 Å². The molecule has 3 aromatic rings. The normalized spacial score (nSPS) is 41.6. The highest BCUT2D eigenvalue weighted by Crippen LogP contribution is 2.88. The Morgan fingerprint density at radius 1 is 0.719 bits per heavy atom. The Morgan fingerprint density at radius 3 is 1.62 bits per heavy atom. The summed E-state index contributed by atoms with van der Waals surface area (Å²) in [4.78, 5) is 0. The van der Waals surface area contributed by atoms with E-state index in [4.69, 9.17) is 9.47 Å². The average molecular weight is 423 g/mol. The van der Waals surface area contributed by atoms with Crippen LogP contribution in [0.2, 0.25) is 0 Å². The molecule has 0 unspecified atom stereocenters. The molecule has 4 bridgehead atoms. The first kappa shape index (κ1) is 18.0. The van der Waals surface area contributed by atoms with Crippen molar-refractivity contribution >= 4 is 21.5 Å². The molecule has 0 aliphatic heterocycles. The lowest BCUT2D eigenvalue weighted by atomic mass is 9.33. The quantitative estimate of drug-likeness (QED) is 0.250. The molecule has 0 saturated heterocycles. The van der Waals surface area contributed by atoms with E-state index in [0.29, 0.717) is 22.7 Å². The van der Waals surface area contributed by atoms with Gasteiger partial charge in [-0.2, -0.15) is 0 Å². The Labute approximate surface area is 189 Å². The van der Waals surface area contributed by atoms with Gasteiger partial charge in [0.1, 0.15) is 11.5 Å². The van der Waals surface area contributed by atoms with Gasteiger partial charge in [0, 0.05) is 21.9 Å². The minimum atomic E-state index is 0.435. The van der Waals surface area contributed by atoms with Crippen molar-refractivity contribution in [2.75, 3.05) is 14.2 Å². The summed E-state index contributed by atoms with van der Waals surface area (Å²) in [5.41, 5.74) is 3.83. The van der Waals surface area contributed by atoms with Crippen molar-refractivity contribution in [2.45, 2.75) is 38.5 Å². The van der Waals surface area contributed by atoms with Crippen molar-refractivity contribution in [1.82, 2.24) is 0 Å². The van der Waals surface area contributed by atoms with Crippen LogP contribution in [0.3, 0.4) is 0 Å². The largest absolute Gasteiger partial charge is 0.496 e. The molecule has 8 rings (SSSR count). The molecule has 0 amide bonds. The summed E-state index contributed by atoms with van der Waals surface area (Å²) in [6.07, 6.45) is 7.76. The van der Waals surface area contributed by atoms with Crippen molar-refractivity contribution in [3.63, 3.8) is 0 Å². The third-order valence-electron chi connectivity index (χ3n) is 11.2. The molecule has 0 N–H and O–H groups in total. The molecule has 2 heteroatoms. The number of hydrogen-bond acceptors (Lipinski definition) is 2. The second kappa shape index (κ2) is 5.35. The van der Waals surface area contributed by atoms with Crippen LogP contribution < -0.4 is 9.47 Å². The second-order valence-electron chi connectivity index (χ2n) is 11.5. The number of allylic oxidation sites excluding steroid dienone is 2. The molecular formula is C30H30O2. The van der Waals surface area contributed by atoms with Crippen molar-refractivity contribution in [2.24, 2.45) is 34.5 Å². The average Bonchev–Trinajstić information content (AvgIpc) is 3.55. The summed E-state index contributed by atoms with van der Waals surface area (Å²) in [7, 11) is 3.74. The van der Waals surface area contributed by atoms with Crippen LogP contribution in [0, 0.1) is 34.5 Å². The predicted octanol–water partition coefficient (Wildman–Crippen LogP) is 7.06. The van der Waals surface area contributed by atoms with E-state index in [9.17, 15) is 0 Å². The number of hydrogen-bond donors (Lipinski definition) is 0. The Bertz CT molecular complexity index is 1280. The lowest BCUT2D eigenvalue weighted by molar-refractivity contribution is -0.195. The third-order valence-corrected chi connectivity index (χ3v) is 11.2. The van der Waals surface area contributed by atoms with Gasteiger partial charge in [-0.15, -0.1) is 0 Å². The van der Waals surface area contributed by atoms with Crippen LogP contribution in [-0.2, 0) is 0 Å². The van der Waals surface area contributed by atoms with E-state index in [0.717, 1.165) is 35.2 Å². The number of fused-ring (bicyclic) bond motifs is 17. The van der Waals surface area contributed by atoms with Crippen LogP contribution in [0.25, 0.3) is 21.5 Å². The van der Waals surface area contributed by atoms with Crippen LogP contribution in [-0.4, -0.2) is 14.2 Å². The zero-order valence-corrected chi connectivity index (χ0v) is 19.3. The first-order chi connectivity index (χ1) is 15.5. The lowest BCUT2D eigenvalue weighted by Crippen LogP contribution is -2.65. The number of benzene rings is 3. The Balaban J connectivity index is 1.44. The Hall–Kier alpha value is -2.48. The minimum absolute atomic E-state index is 0.435. The lowest BCUT2D eigenvalue weighted by Gasteiger charge is -2.70. The number of rotatable bonds is 2. The first-order valence-corrected chi connectivity index (χ1v) is 12.3. The molecule has 162 valence electrons. The molecule has 0 heterocycles. The zero-order valence-electron chi connectivity index (χ0n) is 19.3. The maximum Gasteiger partial charge on any atom is 0.130 e. The fourth-order valence-corrected chi connectivity index (χ4v) is 10.1. The van der Waals surface area contributed by atoms with Gasteiger partial charge in [-0.25, -0.2) is 0 Å². The summed E-state index contributed by atoms with van der Waals surface area (Å²) in [6, 6.07) is 13.3. The van der Waals surface area contributed by atoms with Gasteiger partial charge in [0.15, 0.2) is 0 Å². The molecule has 8 atom stereocenters. The molecule has 3 fully saturated rings. The van der Waals surface area contributed by atoms with Gasteiger partial charge < -0.3 is 9.47 Å². The van der Waals surface area contributed by atoms with Gasteiger partial charge >= 0.3 is 0 Å². The molecular weight excluding hydrogens is 392 g/mol. The highest BCUT2D eigenvalue weighted by molar-refractivity contribution is 6.05. The van der Waals surface area contributed by atoms with E-state index >= 15 is 0 Å². The van der Waals surface area contributed by atoms with Crippen LogP contribution in [0.4, 0.5) is 0 Å². The maximum absolute atomic E-state index is 6.24. The summed E-state index contributed by atoms with van der Waals surface area (Å²) < 4.78 is 12.5. The SMILES string of the molecule is COc1c2c(c(OC)c3cc4ccccc4cc13)[C@@H]1C[C@H]2[C@@H]2[C@H]1[C@@]1(C)[C@H]3C=C[C@H](C3)[C@@]21C. The van der Waals surface area contributed by atoms with Crippen LogP contribution in [0.15, 0.2) is 48.6 Å². The van der Waals surface area contributed by atoms with Gasteiger partial charge in [0.05, 0.1) is 14.2 Å².